The van der Waals surface area contributed by atoms with Crippen LogP contribution >= 0.6 is 11.8 Å². The molecule has 1 amide bonds. The molecule has 6 heteroatoms. The van der Waals surface area contributed by atoms with Crippen molar-refractivity contribution in [3.05, 3.63) is 51.9 Å². The third kappa shape index (κ3) is 3.47. The van der Waals surface area contributed by atoms with Crippen molar-refractivity contribution in [2.45, 2.75) is 37.9 Å². The minimum absolute atomic E-state index is 0.0892. The van der Waals surface area contributed by atoms with Gasteiger partial charge in [-0.25, -0.2) is 4.98 Å². The Bertz CT molecular complexity index is 768. The van der Waals surface area contributed by atoms with Crippen molar-refractivity contribution in [2.24, 2.45) is 0 Å². The van der Waals surface area contributed by atoms with Gasteiger partial charge in [0, 0.05) is 24.2 Å². The maximum Gasteiger partial charge on any atom is 0.267 e. The van der Waals surface area contributed by atoms with Crippen molar-refractivity contribution >= 4 is 23.4 Å². The lowest BCUT2D eigenvalue weighted by Gasteiger charge is -2.08. The van der Waals surface area contributed by atoms with Crippen LogP contribution in [-0.2, 0) is 13.0 Å². The van der Waals surface area contributed by atoms with E-state index in [2.05, 4.69) is 17.2 Å². The molecular formula is C17H19N3O2S. The molecule has 0 aliphatic carbocycles. The second-order valence-corrected chi connectivity index (χ2v) is 6.58. The number of nitrogens with one attached hydrogen (secondary N) is 1. The van der Waals surface area contributed by atoms with Crippen LogP contribution in [0.1, 0.15) is 35.7 Å². The lowest BCUT2D eigenvalue weighted by molar-refractivity contribution is 0.102. The van der Waals surface area contributed by atoms with Gasteiger partial charge < -0.3 is 5.32 Å². The summed E-state index contributed by atoms with van der Waals surface area (Å²) in [7, 11) is 0. The molecule has 0 spiro atoms. The second kappa shape index (κ2) is 7.00. The lowest BCUT2D eigenvalue weighted by Crippen LogP contribution is -2.29. The number of aryl methyl sites for hydroxylation is 1. The standard InChI is InChI=1S/C17H19N3O2S/c1-2-3-4-12-5-7-13(8-6-12)19-15(21)14-11-18-17-20(16(14)22)9-10-23-17/h5-8,11H,2-4,9-10H2,1H3,(H,19,21). The Balaban J connectivity index is 1.73. The van der Waals surface area contributed by atoms with E-state index >= 15 is 0 Å². The first-order valence-corrected chi connectivity index (χ1v) is 8.80. The van der Waals surface area contributed by atoms with E-state index in [1.807, 2.05) is 24.3 Å². The summed E-state index contributed by atoms with van der Waals surface area (Å²) in [6, 6.07) is 7.76. The summed E-state index contributed by atoms with van der Waals surface area (Å²) in [4.78, 5) is 28.8. The number of benzene rings is 1. The van der Waals surface area contributed by atoms with E-state index in [1.165, 1.54) is 23.5 Å². The molecule has 120 valence electrons. The number of carbonyl (C=O) groups is 1. The maximum atomic E-state index is 12.3. The normalized spacial score (nSPS) is 12.9. The van der Waals surface area contributed by atoms with E-state index in [-0.39, 0.29) is 11.1 Å². The van der Waals surface area contributed by atoms with Gasteiger partial charge in [0.1, 0.15) is 5.56 Å². The number of fused-ring (bicyclic) bond motifs is 1. The van der Waals surface area contributed by atoms with E-state index in [0.29, 0.717) is 17.4 Å². The molecule has 0 atom stereocenters. The zero-order valence-corrected chi connectivity index (χ0v) is 13.9. The number of aromatic nitrogens is 2. The average molecular weight is 329 g/mol. The molecule has 1 N–H and O–H groups in total. The molecular weight excluding hydrogens is 310 g/mol. The largest absolute Gasteiger partial charge is 0.322 e. The van der Waals surface area contributed by atoms with E-state index in [1.54, 1.807) is 4.57 Å². The molecule has 1 aromatic heterocycles. The number of unbranched alkanes of at least 4 members (excludes halogenated alkanes) is 1. The van der Waals surface area contributed by atoms with Gasteiger partial charge >= 0.3 is 0 Å². The van der Waals surface area contributed by atoms with Crippen molar-refractivity contribution in [3.63, 3.8) is 0 Å². The van der Waals surface area contributed by atoms with Gasteiger partial charge in [0.05, 0.1) is 0 Å². The van der Waals surface area contributed by atoms with Crippen molar-refractivity contribution in [1.82, 2.24) is 9.55 Å². The highest BCUT2D eigenvalue weighted by Crippen LogP contribution is 2.20. The fraction of sp³-hybridized carbons (Fsp3) is 0.353. The van der Waals surface area contributed by atoms with Crippen molar-refractivity contribution in [2.75, 3.05) is 11.1 Å². The summed E-state index contributed by atoms with van der Waals surface area (Å²) < 4.78 is 1.56. The smallest absolute Gasteiger partial charge is 0.267 e. The number of nitrogens with zero attached hydrogens (tertiary/aromatic N) is 2. The first-order valence-electron chi connectivity index (χ1n) is 7.82. The number of rotatable bonds is 5. The van der Waals surface area contributed by atoms with Crippen molar-refractivity contribution < 1.29 is 4.79 Å². The zero-order chi connectivity index (χ0) is 16.2. The number of anilines is 1. The molecule has 23 heavy (non-hydrogen) atoms. The van der Waals surface area contributed by atoms with Gasteiger partial charge in [0.2, 0.25) is 0 Å². The summed E-state index contributed by atoms with van der Waals surface area (Å²) >= 11 is 1.53. The van der Waals surface area contributed by atoms with Crippen LogP contribution in [0.4, 0.5) is 5.69 Å². The van der Waals surface area contributed by atoms with E-state index in [9.17, 15) is 9.59 Å². The summed E-state index contributed by atoms with van der Waals surface area (Å²) in [5.41, 5.74) is 1.76. The van der Waals surface area contributed by atoms with Crippen LogP contribution in [0.2, 0.25) is 0 Å². The van der Waals surface area contributed by atoms with Crippen molar-refractivity contribution in [1.29, 1.82) is 0 Å². The van der Waals surface area contributed by atoms with Crippen LogP contribution in [0.3, 0.4) is 0 Å². The summed E-state index contributed by atoms with van der Waals surface area (Å²) in [6.45, 7) is 2.77. The van der Waals surface area contributed by atoms with Gasteiger partial charge in [-0.3, -0.25) is 14.2 Å². The Kier molecular flexibility index (Phi) is 4.81. The number of hydrogen-bond donors (Lipinski definition) is 1. The molecule has 5 nitrogen and oxygen atoms in total. The highest BCUT2D eigenvalue weighted by atomic mass is 32.2. The minimum Gasteiger partial charge on any atom is -0.322 e. The second-order valence-electron chi connectivity index (χ2n) is 5.51. The first-order chi connectivity index (χ1) is 11.2. The molecule has 1 aliphatic heterocycles. The molecule has 2 aromatic rings. The number of hydrogen-bond acceptors (Lipinski definition) is 4. The number of thioether (sulfide) groups is 1. The molecule has 0 saturated carbocycles. The topological polar surface area (TPSA) is 64.0 Å². The van der Waals surface area contributed by atoms with Crippen LogP contribution in [0.15, 0.2) is 40.4 Å². The Labute approximate surface area is 139 Å². The minimum atomic E-state index is -0.406. The van der Waals surface area contributed by atoms with Gasteiger partial charge in [-0.15, -0.1) is 0 Å². The fourth-order valence-corrected chi connectivity index (χ4v) is 3.42. The molecule has 0 saturated heterocycles. The Hall–Kier alpha value is -2.08. The zero-order valence-electron chi connectivity index (χ0n) is 13.0. The maximum absolute atomic E-state index is 12.3. The highest BCUT2D eigenvalue weighted by molar-refractivity contribution is 7.99. The third-order valence-electron chi connectivity index (χ3n) is 3.83. The molecule has 1 aromatic carbocycles. The van der Waals surface area contributed by atoms with E-state index in [4.69, 9.17) is 0 Å². The van der Waals surface area contributed by atoms with Crippen LogP contribution in [0.5, 0.6) is 0 Å². The van der Waals surface area contributed by atoms with Crippen LogP contribution < -0.4 is 10.9 Å². The first kappa shape index (κ1) is 15.8. The molecule has 0 unspecified atom stereocenters. The van der Waals surface area contributed by atoms with E-state index < -0.39 is 5.91 Å². The van der Waals surface area contributed by atoms with Crippen LogP contribution in [0.25, 0.3) is 0 Å². The molecule has 0 radical (unpaired) electrons. The molecule has 3 rings (SSSR count). The third-order valence-corrected chi connectivity index (χ3v) is 4.80. The van der Waals surface area contributed by atoms with Crippen LogP contribution in [0, 0.1) is 0 Å². The van der Waals surface area contributed by atoms with Crippen molar-refractivity contribution in [3.8, 4) is 0 Å². The SMILES string of the molecule is CCCCc1ccc(NC(=O)c2cnc3n(c2=O)CCS3)cc1. The Morgan fingerprint density at radius 1 is 1.35 bits per heavy atom. The van der Waals surface area contributed by atoms with Gasteiger partial charge in [-0.2, -0.15) is 0 Å². The predicted octanol–water partition coefficient (Wildman–Crippen LogP) is 2.94. The van der Waals surface area contributed by atoms with Crippen LogP contribution in [-0.4, -0.2) is 21.2 Å². The van der Waals surface area contributed by atoms with Gasteiger partial charge in [0.25, 0.3) is 11.5 Å². The average Bonchev–Trinajstić information content (AvgIpc) is 3.04. The van der Waals surface area contributed by atoms with Gasteiger partial charge in [-0.1, -0.05) is 37.2 Å². The quantitative estimate of drug-likeness (QED) is 0.857. The number of carbonyl (C=O) groups excluding carboxylic acids is 1. The summed E-state index contributed by atoms with van der Waals surface area (Å²) in [5, 5.41) is 3.46. The number of amides is 1. The Morgan fingerprint density at radius 3 is 2.87 bits per heavy atom. The summed E-state index contributed by atoms with van der Waals surface area (Å²) in [5.74, 6) is 0.419. The van der Waals surface area contributed by atoms with Gasteiger partial charge in [-0.05, 0) is 30.5 Å². The Morgan fingerprint density at radius 2 is 2.13 bits per heavy atom. The van der Waals surface area contributed by atoms with Gasteiger partial charge in [0.15, 0.2) is 5.16 Å². The van der Waals surface area contributed by atoms with E-state index in [0.717, 1.165) is 25.0 Å². The lowest BCUT2D eigenvalue weighted by atomic mass is 10.1. The summed E-state index contributed by atoms with van der Waals surface area (Å²) in [6.07, 6.45) is 4.73. The molecule has 0 fully saturated rings. The fourth-order valence-electron chi connectivity index (χ4n) is 2.51. The molecule has 0 bridgehead atoms. The molecule has 1 aliphatic rings. The predicted molar refractivity (Wildman–Crippen MR) is 92.2 cm³/mol. The highest BCUT2D eigenvalue weighted by Gasteiger charge is 2.19. The molecule has 2 heterocycles. The monoisotopic (exact) mass is 329 g/mol.